The van der Waals surface area contributed by atoms with Crippen molar-refractivity contribution in [2.45, 2.75) is 26.9 Å². The molecule has 96 valence electrons. The van der Waals surface area contributed by atoms with Gasteiger partial charge < -0.3 is 5.32 Å². The molecule has 0 aromatic carbocycles. The number of aryl methyl sites for hydroxylation is 2. The van der Waals surface area contributed by atoms with Crippen molar-refractivity contribution >= 4 is 11.3 Å². The second-order valence-corrected chi connectivity index (χ2v) is 5.27. The van der Waals surface area contributed by atoms with E-state index in [1.165, 1.54) is 10.4 Å². The van der Waals surface area contributed by atoms with Crippen LogP contribution in [0.25, 0.3) is 0 Å². The molecule has 0 saturated carbocycles. The van der Waals surface area contributed by atoms with E-state index in [0.29, 0.717) is 6.54 Å². The molecule has 0 fully saturated rings. The van der Waals surface area contributed by atoms with Crippen LogP contribution < -0.4 is 10.9 Å². The Morgan fingerprint density at radius 2 is 2.28 bits per heavy atom. The molecule has 0 atom stereocenters. The topological polar surface area (TPSA) is 46.9 Å². The zero-order chi connectivity index (χ0) is 13.0. The Morgan fingerprint density at radius 1 is 1.44 bits per heavy atom. The number of hydrogen-bond acceptors (Lipinski definition) is 4. The molecule has 2 aromatic rings. The molecule has 5 heteroatoms. The first-order valence-electron chi connectivity index (χ1n) is 5.93. The smallest absolute Gasteiger partial charge is 0.253 e. The maximum Gasteiger partial charge on any atom is 0.253 e. The first-order chi connectivity index (χ1) is 8.66. The van der Waals surface area contributed by atoms with Gasteiger partial charge in [0.2, 0.25) is 0 Å². The zero-order valence-electron chi connectivity index (χ0n) is 10.6. The van der Waals surface area contributed by atoms with Gasteiger partial charge in [-0.15, -0.1) is 11.3 Å². The van der Waals surface area contributed by atoms with Gasteiger partial charge in [-0.3, -0.25) is 9.36 Å². The van der Waals surface area contributed by atoms with Gasteiger partial charge in [0.05, 0.1) is 6.33 Å². The van der Waals surface area contributed by atoms with Crippen LogP contribution >= 0.6 is 11.3 Å². The average molecular weight is 263 g/mol. The van der Waals surface area contributed by atoms with Crippen molar-refractivity contribution in [3.05, 3.63) is 50.3 Å². The number of thiophene rings is 1. The normalized spacial score (nSPS) is 10.8. The van der Waals surface area contributed by atoms with Crippen molar-refractivity contribution in [3.8, 4) is 0 Å². The molecule has 0 aliphatic rings. The van der Waals surface area contributed by atoms with Gasteiger partial charge in [-0.2, -0.15) is 0 Å². The van der Waals surface area contributed by atoms with Crippen LogP contribution in [-0.4, -0.2) is 16.1 Å². The van der Waals surface area contributed by atoms with Crippen LogP contribution in [-0.2, 0) is 13.1 Å². The molecule has 18 heavy (non-hydrogen) atoms. The Morgan fingerprint density at radius 3 is 2.94 bits per heavy atom. The lowest BCUT2D eigenvalue weighted by atomic mass is 10.3. The third-order valence-corrected chi connectivity index (χ3v) is 3.82. The van der Waals surface area contributed by atoms with Crippen molar-refractivity contribution in [2.75, 3.05) is 6.54 Å². The molecule has 2 rings (SSSR count). The van der Waals surface area contributed by atoms with E-state index >= 15 is 0 Å². The maximum absolute atomic E-state index is 11.6. The largest absolute Gasteiger partial charge is 0.310 e. The number of nitrogens with zero attached hydrogens (tertiary/aromatic N) is 2. The lowest BCUT2D eigenvalue weighted by Crippen LogP contribution is -2.26. The predicted octanol–water partition coefficient (Wildman–Crippen LogP) is 1.71. The van der Waals surface area contributed by atoms with Gasteiger partial charge in [-0.1, -0.05) is 0 Å². The van der Waals surface area contributed by atoms with Crippen LogP contribution in [0.4, 0.5) is 0 Å². The van der Waals surface area contributed by atoms with E-state index in [0.717, 1.165) is 18.8 Å². The summed E-state index contributed by atoms with van der Waals surface area (Å²) in [5.41, 5.74) is 2.09. The Bertz CT molecular complexity index is 574. The number of rotatable bonds is 5. The monoisotopic (exact) mass is 263 g/mol. The standard InChI is InChI=1S/C13H17N3OS/c1-10-3-6-18-12(10)8-14-4-5-16-9-15-11(2)7-13(16)17/h3,6-7,9,14H,4-5,8H2,1-2H3. The van der Waals surface area contributed by atoms with Gasteiger partial charge in [-0.25, -0.2) is 4.98 Å². The Labute approximate surface area is 110 Å². The molecule has 0 aliphatic carbocycles. The van der Waals surface area contributed by atoms with Gasteiger partial charge >= 0.3 is 0 Å². The minimum atomic E-state index is 0.0107. The molecule has 0 unspecified atom stereocenters. The van der Waals surface area contributed by atoms with E-state index in [1.807, 2.05) is 6.92 Å². The van der Waals surface area contributed by atoms with Crippen molar-refractivity contribution in [1.82, 2.24) is 14.9 Å². The van der Waals surface area contributed by atoms with Gasteiger partial charge in [0.25, 0.3) is 5.56 Å². The summed E-state index contributed by atoms with van der Waals surface area (Å²) >= 11 is 1.76. The molecular formula is C13H17N3OS. The molecular weight excluding hydrogens is 246 g/mol. The Hall–Kier alpha value is -1.46. The fourth-order valence-electron chi connectivity index (χ4n) is 1.67. The lowest BCUT2D eigenvalue weighted by molar-refractivity contribution is 0.579. The summed E-state index contributed by atoms with van der Waals surface area (Å²) in [4.78, 5) is 17.1. The van der Waals surface area contributed by atoms with Crippen LogP contribution in [0, 0.1) is 13.8 Å². The Kier molecular flexibility index (Phi) is 4.28. The minimum absolute atomic E-state index is 0.0107. The third-order valence-electron chi connectivity index (χ3n) is 2.80. The summed E-state index contributed by atoms with van der Waals surface area (Å²) in [6.07, 6.45) is 1.61. The number of nitrogens with one attached hydrogen (secondary N) is 1. The fourth-order valence-corrected chi connectivity index (χ4v) is 2.55. The van der Waals surface area contributed by atoms with Crippen molar-refractivity contribution < 1.29 is 0 Å². The predicted molar refractivity (Wildman–Crippen MR) is 74.0 cm³/mol. The summed E-state index contributed by atoms with van der Waals surface area (Å²) < 4.78 is 1.63. The van der Waals surface area contributed by atoms with Crippen LogP contribution in [0.15, 0.2) is 28.6 Å². The summed E-state index contributed by atoms with van der Waals surface area (Å²) in [5, 5.41) is 5.44. The molecule has 1 N–H and O–H groups in total. The van der Waals surface area contributed by atoms with Crippen LogP contribution in [0.3, 0.4) is 0 Å². The SMILES string of the molecule is Cc1cc(=O)n(CCNCc2sccc2C)cn1. The van der Waals surface area contributed by atoms with E-state index < -0.39 is 0 Å². The van der Waals surface area contributed by atoms with Crippen LogP contribution in [0.1, 0.15) is 16.1 Å². The fraction of sp³-hybridized carbons (Fsp3) is 0.385. The molecule has 0 bridgehead atoms. The van der Waals surface area contributed by atoms with E-state index in [-0.39, 0.29) is 5.56 Å². The third kappa shape index (κ3) is 3.27. The van der Waals surface area contributed by atoms with Gasteiger partial charge in [0.1, 0.15) is 0 Å². The van der Waals surface area contributed by atoms with Crippen LogP contribution in [0.2, 0.25) is 0 Å². The van der Waals surface area contributed by atoms with Gasteiger partial charge in [0.15, 0.2) is 0 Å². The molecule has 4 nitrogen and oxygen atoms in total. The highest BCUT2D eigenvalue weighted by atomic mass is 32.1. The summed E-state index contributed by atoms with van der Waals surface area (Å²) in [6, 6.07) is 3.68. The average Bonchev–Trinajstić information content (AvgIpc) is 2.73. The van der Waals surface area contributed by atoms with E-state index in [9.17, 15) is 4.79 Å². The first kappa shape index (κ1) is 13.0. The molecule has 0 saturated heterocycles. The van der Waals surface area contributed by atoms with Crippen molar-refractivity contribution in [3.63, 3.8) is 0 Å². The van der Waals surface area contributed by atoms with Gasteiger partial charge in [0, 0.05) is 36.3 Å². The highest BCUT2D eigenvalue weighted by Crippen LogP contribution is 2.14. The maximum atomic E-state index is 11.6. The highest BCUT2D eigenvalue weighted by molar-refractivity contribution is 7.10. The molecule has 2 heterocycles. The van der Waals surface area contributed by atoms with Crippen molar-refractivity contribution in [2.24, 2.45) is 0 Å². The molecule has 0 radical (unpaired) electrons. The number of aromatic nitrogens is 2. The summed E-state index contributed by atoms with van der Waals surface area (Å²) in [6.45, 7) is 6.21. The molecule has 0 spiro atoms. The zero-order valence-corrected chi connectivity index (χ0v) is 11.5. The molecule has 0 aliphatic heterocycles. The second kappa shape index (κ2) is 5.93. The highest BCUT2D eigenvalue weighted by Gasteiger charge is 2.00. The first-order valence-corrected chi connectivity index (χ1v) is 6.81. The second-order valence-electron chi connectivity index (χ2n) is 4.27. The summed E-state index contributed by atoms with van der Waals surface area (Å²) in [7, 11) is 0. The van der Waals surface area contributed by atoms with E-state index in [2.05, 4.69) is 28.7 Å². The molecule has 0 amide bonds. The van der Waals surface area contributed by atoms with Gasteiger partial charge in [-0.05, 0) is 30.9 Å². The minimum Gasteiger partial charge on any atom is -0.310 e. The number of hydrogen-bond donors (Lipinski definition) is 1. The van der Waals surface area contributed by atoms with Crippen molar-refractivity contribution in [1.29, 1.82) is 0 Å². The van der Waals surface area contributed by atoms with Crippen LogP contribution in [0.5, 0.6) is 0 Å². The lowest BCUT2D eigenvalue weighted by Gasteiger charge is -2.06. The van der Waals surface area contributed by atoms with E-state index in [4.69, 9.17) is 0 Å². The summed E-state index contributed by atoms with van der Waals surface area (Å²) in [5.74, 6) is 0. The Balaban J connectivity index is 1.82. The quantitative estimate of drug-likeness (QED) is 0.835. The van der Waals surface area contributed by atoms with E-state index in [1.54, 1.807) is 28.3 Å². The molecule has 2 aromatic heterocycles.